The van der Waals surface area contributed by atoms with Gasteiger partial charge in [0.15, 0.2) is 11.6 Å². The van der Waals surface area contributed by atoms with Crippen molar-refractivity contribution in [3.8, 4) is 11.5 Å². The molecule has 0 amide bonds. The summed E-state index contributed by atoms with van der Waals surface area (Å²) < 4.78 is 10.6. The number of benzene rings is 1. The molecule has 0 bridgehead atoms. The van der Waals surface area contributed by atoms with Crippen LogP contribution in [0.3, 0.4) is 0 Å². The van der Waals surface area contributed by atoms with Gasteiger partial charge in [-0.15, -0.1) is 0 Å². The number of nitrogens with one attached hydrogen (secondary N) is 1. The Morgan fingerprint density at radius 3 is 2.50 bits per heavy atom. The number of aliphatic hydroxyl groups excluding tert-OH is 1. The maximum atomic E-state index is 9.09. The highest BCUT2D eigenvalue weighted by Crippen LogP contribution is 2.38. The number of β-amino-alcohol motifs (C(OH)–C–C–N with tert-alkyl or cyclic N) is 1. The topological polar surface area (TPSA) is 109 Å². The normalized spacial score (nSPS) is 14.8. The summed E-state index contributed by atoms with van der Waals surface area (Å²) >= 11 is 6.24. The zero-order valence-corrected chi connectivity index (χ0v) is 16.7. The number of methoxy groups -OCH3 is 2. The molecule has 2 aromatic rings. The van der Waals surface area contributed by atoms with E-state index in [1.165, 1.54) is 6.33 Å². The number of rotatable bonds is 7. The molecule has 0 spiro atoms. The molecule has 0 aliphatic carbocycles. The molecule has 1 saturated heterocycles. The smallest absolute Gasteiger partial charge is 0.159 e. The standard InChI is InChI=1S/C18H25ClN6O3/c1-27-14-10-15(28-2)13(9-12(14)19)23-17-16(20)18(22-11-21-17)25-5-3-24(4-6-25)7-8-26/h9-11,26H,3-8,20H2,1-2H3,(H,21,22,23). The second kappa shape index (κ2) is 9.13. The number of ether oxygens (including phenoxy) is 2. The van der Waals surface area contributed by atoms with Gasteiger partial charge in [-0.3, -0.25) is 4.90 Å². The molecule has 1 aliphatic rings. The first kappa shape index (κ1) is 20.2. The van der Waals surface area contributed by atoms with Gasteiger partial charge in [-0.2, -0.15) is 0 Å². The van der Waals surface area contributed by atoms with E-state index in [4.69, 9.17) is 31.9 Å². The van der Waals surface area contributed by atoms with Crippen molar-refractivity contribution in [2.24, 2.45) is 0 Å². The lowest BCUT2D eigenvalue weighted by atomic mass is 10.2. The Labute approximate surface area is 169 Å². The van der Waals surface area contributed by atoms with E-state index in [0.717, 1.165) is 26.2 Å². The van der Waals surface area contributed by atoms with Crippen molar-refractivity contribution in [2.45, 2.75) is 0 Å². The van der Waals surface area contributed by atoms with Crippen molar-refractivity contribution >= 4 is 34.6 Å². The van der Waals surface area contributed by atoms with E-state index in [1.54, 1.807) is 26.4 Å². The molecule has 1 fully saturated rings. The summed E-state index contributed by atoms with van der Waals surface area (Å²) in [5, 5.41) is 12.7. The van der Waals surface area contributed by atoms with E-state index in [-0.39, 0.29) is 6.61 Å². The van der Waals surface area contributed by atoms with Crippen molar-refractivity contribution in [3.05, 3.63) is 23.5 Å². The molecule has 1 aromatic carbocycles. The Morgan fingerprint density at radius 2 is 1.86 bits per heavy atom. The van der Waals surface area contributed by atoms with E-state index in [0.29, 0.717) is 46.1 Å². The van der Waals surface area contributed by atoms with E-state index < -0.39 is 0 Å². The number of hydrogen-bond acceptors (Lipinski definition) is 9. The van der Waals surface area contributed by atoms with Gasteiger partial charge in [0.05, 0.1) is 31.5 Å². The summed E-state index contributed by atoms with van der Waals surface area (Å²) in [5.41, 5.74) is 7.43. The minimum Gasteiger partial charge on any atom is -0.495 e. The molecule has 1 aliphatic heterocycles. The molecule has 3 rings (SSSR count). The molecule has 0 radical (unpaired) electrons. The molecule has 0 unspecified atom stereocenters. The lowest BCUT2D eigenvalue weighted by molar-refractivity contribution is 0.188. The predicted molar refractivity (Wildman–Crippen MR) is 110 cm³/mol. The van der Waals surface area contributed by atoms with Crippen molar-refractivity contribution in [1.82, 2.24) is 14.9 Å². The molecular formula is C18H25ClN6O3. The Hall–Kier alpha value is -2.49. The molecule has 9 nitrogen and oxygen atoms in total. The van der Waals surface area contributed by atoms with E-state index in [9.17, 15) is 0 Å². The molecule has 0 atom stereocenters. The summed E-state index contributed by atoms with van der Waals surface area (Å²) in [5.74, 6) is 2.22. The minimum absolute atomic E-state index is 0.163. The van der Waals surface area contributed by atoms with Gasteiger partial charge >= 0.3 is 0 Å². The van der Waals surface area contributed by atoms with Crippen LogP contribution >= 0.6 is 11.6 Å². The fraction of sp³-hybridized carbons (Fsp3) is 0.444. The highest BCUT2D eigenvalue weighted by molar-refractivity contribution is 6.32. The highest BCUT2D eigenvalue weighted by atomic mass is 35.5. The van der Waals surface area contributed by atoms with Crippen LogP contribution in [0.2, 0.25) is 5.02 Å². The van der Waals surface area contributed by atoms with Gasteiger partial charge in [0, 0.05) is 38.8 Å². The molecule has 4 N–H and O–H groups in total. The molecule has 1 aromatic heterocycles. The number of nitrogen functional groups attached to an aromatic ring is 1. The molecule has 28 heavy (non-hydrogen) atoms. The van der Waals surface area contributed by atoms with Crippen LogP contribution in [0.5, 0.6) is 11.5 Å². The first-order chi connectivity index (χ1) is 13.6. The van der Waals surface area contributed by atoms with Crippen molar-refractivity contribution in [2.75, 3.05) is 69.5 Å². The number of anilines is 4. The van der Waals surface area contributed by atoms with Crippen LogP contribution in [-0.2, 0) is 0 Å². The van der Waals surface area contributed by atoms with Crippen LogP contribution in [0.1, 0.15) is 0 Å². The van der Waals surface area contributed by atoms with Gasteiger partial charge < -0.3 is 30.5 Å². The monoisotopic (exact) mass is 408 g/mol. The molecule has 10 heteroatoms. The number of hydrogen-bond donors (Lipinski definition) is 3. The van der Waals surface area contributed by atoms with Crippen LogP contribution in [0.4, 0.5) is 23.0 Å². The van der Waals surface area contributed by atoms with E-state index in [1.807, 2.05) is 0 Å². The number of halogens is 1. The zero-order chi connectivity index (χ0) is 20.1. The number of aromatic nitrogens is 2. The predicted octanol–water partition coefficient (Wildman–Crippen LogP) is 1.59. The SMILES string of the molecule is COc1cc(OC)c(Nc2ncnc(N3CCN(CCO)CC3)c2N)cc1Cl. The third-order valence-corrected chi connectivity index (χ3v) is 4.97. The molecular weight excluding hydrogens is 384 g/mol. The highest BCUT2D eigenvalue weighted by Gasteiger charge is 2.21. The zero-order valence-electron chi connectivity index (χ0n) is 16.0. The number of nitrogens with two attached hydrogens (primary N) is 1. The molecule has 2 heterocycles. The molecule has 0 saturated carbocycles. The summed E-state index contributed by atoms with van der Waals surface area (Å²) in [6.45, 7) is 4.08. The first-order valence-electron chi connectivity index (χ1n) is 8.94. The first-order valence-corrected chi connectivity index (χ1v) is 9.32. The fourth-order valence-corrected chi connectivity index (χ4v) is 3.39. The average molecular weight is 409 g/mol. The second-order valence-electron chi connectivity index (χ2n) is 6.32. The van der Waals surface area contributed by atoms with Gasteiger partial charge in [0.2, 0.25) is 0 Å². The van der Waals surface area contributed by atoms with Gasteiger partial charge in [-0.05, 0) is 6.07 Å². The second-order valence-corrected chi connectivity index (χ2v) is 6.73. The van der Waals surface area contributed by atoms with Crippen molar-refractivity contribution < 1.29 is 14.6 Å². The quantitative estimate of drug-likeness (QED) is 0.629. The minimum atomic E-state index is 0.163. The van der Waals surface area contributed by atoms with Gasteiger partial charge in [-0.1, -0.05) is 11.6 Å². The third kappa shape index (κ3) is 4.32. The summed E-state index contributed by atoms with van der Waals surface area (Å²) in [6, 6.07) is 3.40. The third-order valence-electron chi connectivity index (χ3n) is 4.68. The van der Waals surface area contributed by atoms with Gasteiger partial charge in [0.25, 0.3) is 0 Å². The fourth-order valence-electron chi connectivity index (χ4n) is 3.15. The lowest BCUT2D eigenvalue weighted by Gasteiger charge is -2.35. The lowest BCUT2D eigenvalue weighted by Crippen LogP contribution is -2.47. The van der Waals surface area contributed by atoms with E-state index >= 15 is 0 Å². The largest absolute Gasteiger partial charge is 0.495 e. The van der Waals surface area contributed by atoms with Crippen LogP contribution in [0.15, 0.2) is 18.5 Å². The molecule has 152 valence electrons. The van der Waals surface area contributed by atoms with Crippen LogP contribution in [0, 0.1) is 0 Å². The van der Waals surface area contributed by atoms with E-state index in [2.05, 4.69) is 25.1 Å². The maximum absolute atomic E-state index is 9.09. The number of aliphatic hydroxyl groups is 1. The van der Waals surface area contributed by atoms with Crippen LogP contribution in [-0.4, -0.2) is 73.5 Å². The number of nitrogens with zero attached hydrogens (tertiary/aromatic N) is 4. The summed E-state index contributed by atoms with van der Waals surface area (Å²) in [6.07, 6.45) is 1.48. The summed E-state index contributed by atoms with van der Waals surface area (Å²) in [4.78, 5) is 13.0. The van der Waals surface area contributed by atoms with Crippen LogP contribution < -0.4 is 25.4 Å². The van der Waals surface area contributed by atoms with Crippen molar-refractivity contribution in [3.63, 3.8) is 0 Å². The summed E-state index contributed by atoms with van der Waals surface area (Å²) in [7, 11) is 3.11. The van der Waals surface area contributed by atoms with Gasteiger partial charge in [-0.25, -0.2) is 9.97 Å². The Bertz CT molecular complexity index is 814. The van der Waals surface area contributed by atoms with Crippen molar-refractivity contribution in [1.29, 1.82) is 0 Å². The van der Waals surface area contributed by atoms with Crippen LogP contribution in [0.25, 0.3) is 0 Å². The Balaban J connectivity index is 1.82. The Kier molecular flexibility index (Phi) is 6.61. The van der Waals surface area contributed by atoms with Gasteiger partial charge in [0.1, 0.15) is 23.5 Å². The Morgan fingerprint density at radius 1 is 1.14 bits per heavy atom. The maximum Gasteiger partial charge on any atom is 0.159 e. The average Bonchev–Trinajstić information content (AvgIpc) is 2.71. The number of piperazine rings is 1.